The highest BCUT2D eigenvalue weighted by atomic mass is 16.5. The van der Waals surface area contributed by atoms with Gasteiger partial charge in [0.25, 0.3) is 5.91 Å². The average Bonchev–Trinajstić information content (AvgIpc) is 2.24. The first-order chi connectivity index (χ1) is 8.32. The lowest BCUT2D eigenvalue weighted by Gasteiger charge is -2.18. The lowest BCUT2D eigenvalue weighted by molar-refractivity contribution is -0.143. The largest absolute Gasteiger partial charge is 0.480 e. The van der Waals surface area contributed by atoms with Crippen LogP contribution in [0.3, 0.4) is 0 Å². The first-order valence-corrected chi connectivity index (χ1v) is 5.67. The Morgan fingerprint density at radius 1 is 1.28 bits per heavy atom. The predicted molar refractivity (Wildman–Crippen MR) is 64.1 cm³/mol. The standard InChI is InChI=1S/C11H20N2O5/c1-8(2)4-5-13(3)11(17)12-9(14)6-18-7-10(15)16/h8H,4-7H2,1-3H3,(H,15,16)(H,12,14,17). The third-order valence-corrected chi connectivity index (χ3v) is 2.09. The molecule has 0 saturated heterocycles. The zero-order valence-electron chi connectivity index (χ0n) is 10.9. The summed E-state index contributed by atoms with van der Waals surface area (Å²) < 4.78 is 4.55. The fourth-order valence-electron chi connectivity index (χ4n) is 1.04. The van der Waals surface area contributed by atoms with Crippen LogP contribution in [0, 0.1) is 5.92 Å². The number of rotatable bonds is 7. The van der Waals surface area contributed by atoms with Gasteiger partial charge in [-0.25, -0.2) is 9.59 Å². The number of aliphatic carboxylic acids is 1. The smallest absolute Gasteiger partial charge is 0.329 e. The fourth-order valence-corrected chi connectivity index (χ4v) is 1.04. The summed E-state index contributed by atoms with van der Waals surface area (Å²) in [5.41, 5.74) is 0. The van der Waals surface area contributed by atoms with Crippen LogP contribution in [-0.4, -0.2) is 54.7 Å². The van der Waals surface area contributed by atoms with Crippen LogP contribution in [0.15, 0.2) is 0 Å². The van der Waals surface area contributed by atoms with E-state index in [1.807, 2.05) is 13.8 Å². The Balaban J connectivity index is 3.85. The first-order valence-electron chi connectivity index (χ1n) is 5.67. The number of nitrogens with one attached hydrogen (secondary N) is 1. The minimum absolute atomic E-state index is 0.448. The molecule has 0 aliphatic heterocycles. The average molecular weight is 260 g/mol. The van der Waals surface area contributed by atoms with Crippen molar-refractivity contribution < 1.29 is 24.2 Å². The van der Waals surface area contributed by atoms with Gasteiger partial charge in [0.15, 0.2) is 0 Å². The molecular formula is C11H20N2O5. The zero-order chi connectivity index (χ0) is 14.1. The van der Waals surface area contributed by atoms with E-state index in [2.05, 4.69) is 10.1 Å². The summed E-state index contributed by atoms with van der Waals surface area (Å²) in [6.45, 7) is 3.61. The van der Waals surface area contributed by atoms with E-state index in [1.165, 1.54) is 4.90 Å². The van der Waals surface area contributed by atoms with Gasteiger partial charge < -0.3 is 14.7 Å². The summed E-state index contributed by atoms with van der Waals surface area (Å²) in [4.78, 5) is 34.2. The van der Waals surface area contributed by atoms with Crippen molar-refractivity contribution in [3.8, 4) is 0 Å². The zero-order valence-corrected chi connectivity index (χ0v) is 10.9. The molecule has 7 nitrogen and oxygen atoms in total. The monoisotopic (exact) mass is 260 g/mol. The molecule has 18 heavy (non-hydrogen) atoms. The van der Waals surface area contributed by atoms with E-state index >= 15 is 0 Å². The Labute approximate surface area is 106 Å². The predicted octanol–water partition coefficient (Wildman–Crippen LogP) is 0.302. The summed E-state index contributed by atoms with van der Waals surface area (Å²) in [6.07, 6.45) is 0.841. The quantitative estimate of drug-likeness (QED) is 0.686. The van der Waals surface area contributed by atoms with Gasteiger partial charge >= 0.3 is 12.0 Å². The molecule has 0 radical (unpaired) electrons. The molecule has 0 fully saturated rings. The van der Waals surface area contributed by atoms with Crippen LogP contribution in [0.5, 0.6) is 0 Å². The molecule has 0 aromatic heterocycles. The van der Waals surface area contributed by atoms with Crippen LogP contribution in [0.2, 0.25) is 0 Å². The van der Waals surface area contributed by atoms with E-state index in [-0.39, 0.29) is 0 Å². The molecule has 0 saturated carbocycles. The maximum atomic E-state index is 11.5. The van der Waals surface area contributed by atoms with Crippen molar-refractivity contribution in [3.05, 3.63) is 0 Å². The van der Waals surface area contributed by atoms with Crippen LogP contribution >= 0.6 is 0 Å². The fraction of sp³-hybridized carbons (Fsp3) is 0.727. The van der Waals surface area contributed by atoms with Gasteiger partial charge in [0.1, 0.15) is 13.2 Å². The van der Waals surface area contributed by atoms with Gasteiger partial charge in [0.05, 0.1) is 0 Å². The molecule has 3 amide bonds. The van der Waals surface area contributed by atoms with Crippen molar-refractivity contribution >= 4 is 17.9 Å². The molecule has 0 unspecified atom stereocenters. The van der Waals surface area contributed by atoms with E-state index in [0.717, 1.165) is 6.42 Å². The molecule has 0 spiro atoms. The molecule has 0 atom stereocenters. The number of amides is 3. The maximum Gasteiger partial charge on any atom is 0.329 e. The van der Waals surface area contributed by atoms with Gasteiger partial charge in [0, 0.05) is 13.6 Å². The summed E-state index contributed by atoms with van der Waals surface area (Å²) in [7, 11) is 1.59. The van der Waals surface area contributed by atoms with Crippen LogP contribution in [0.25, 0.3) is 0 Å². The molecule has 104 valence electrons. The molecule has 7 heteroatoms. The third-order valence-electron chi connectivity index (χ3n) is 2.09. The Morgan fingerprint density at radius 3 is 2.39 bits per heavy atom. The van der Waals surface area contributed by atoms with E-state index in [4.69, 9.17) is 5.11 Å². The second kappa shape index (κ2) is 8.46. The van der Waals surface area contributed by atoms with Gasteiger partial charge in [-0.15, -0.1) is 0 Å². The number of carboxylic acids is 1. The molecule has 0 bridgehead atoms. The minimum Gasteiger partial charge on any atom is -0.480 e. The van der Waals surface area contributed by atoms with E-state index in [0.29, 0.717) is 12.5 Å². The second-order valence-electron chi connectivity index (χ2n) is 4.34. The lowest BCUT2D eigenvalue weighted by Crippen LogP contribution is -2.42. The van der Waals surface area contributed by atoms with Crippen molar-refractivity contribution in [2.75, 3.05) is 26.8 Å². The van der Waals surface area contributed by atoms with Gasteiger partial charge in [-0.1, -0.05) is 13.8 Å². The van der Waals surface area contributed by atoms with E-state index in [9.17, 15) is 14.4 Å². The van der Waals surface area contributed by atoms with Gasteiger partial charge in [-0.05, 0) is 12.3 Å². The number of carboxylic acid groups (broad SMARTS) is 1. The van der Waals surface area contributed by atoms with Gasteiger partial charge in [0.2, 0.25) is 0 Å². The Morgan fingerprint density at radius 2 is 1.89 bits per heavy atom. The van der Waals surface area contributed by atoms with Crippen LogP contribution in [0.1, 0.15) is 20.3 Å². The summed E-state index contributed by atoms with van der Waals surface area (Å²) in [5, 5.41) is 10.4. The highest BCUT2D eigenvalue weighted by Crippen LogP contribution is 2.00. The highest BCUT2D eigenvalue weighted by Gasteiger charge is 2.13. The number of nitrogens with zero attached hydrogens (tertiary/aromatic N) is 1. The third kappa shape index (κ3) is 8.51. The van der Waals surface area contributed by atoms with Crippen molar-refractivity contribution in [1.29, 1.82) is 0 Å². The number of ether oxygens (including phenoxy) is 1. The van der Waals surface area contributed by atoms with Crippen molar-refractivity contribution in [2.45, 2.75) is 20.3 Å². The topological polar surface area (TPSA) is 95.9 Å². The van der Waals surface area contributed by atoms with E-state index in [1.54, 1.807) is 7.05 Å². The van der Waals surface area contributed by atoms with Gasteiger partial charge in [-0.2, -0.15) is 0 Å². The lowest BCUT2D eigenvalue weighted by atomic mass is 10.1. The summed E-state index contributed by atoms with van der Waals surface area (Å²) in [5.74, 6) is -1.35. The van der Waals surface area contributed by atoms with Crippen molar-refractivity contribution in [2.24, 2.45) is 5.92 Å². The Hall–Kier alpha value is -1.63. The van der Waals surface area contributed by atoms with Crippen molar-refractivity contribution in [1.82, 2.24) is 10.2 Å². The number of hydrogen-bond donors (Lipinski definition) is 2. The molecule has 0 aromatic rings. The molecule has 0 rings (SSSR count). The molecule has 0 aliphatic carbocycles. The van der Waals surface area contributed by atoms with Gasteiger partial charge in [-0.3, -0.25) is 10.1 Å². The highest BCUT2D eigenvalue weighted by molar-refractivity contribution is 5.94. The summed E-state index contributed by atoms with van der Waals surface area (Å²) in [6, 6.07) is -0.514. The number of carbonyl (C=O) groups excluding carboxylic acids is 2. The number of hydrogen-bond acceptors (Lipinski definition) is 4. The van der Waals surface area contributed by atoms with Crippen molar-refractivity contribution in [3.63, 3.8) is 0 Å². The van der Waals surface area contributed by atoms with Crippen LogP contribution in [0.4, 0.5) is 4.79 Å². The molecule has 0 aromatic carbocycles. The number of imide groups is 1. The summed E-state index contributed by atoms with van der Waals surface area (Å²) >= 11 is 0. The second-order valence-corrected chi connectivity index (χ2v) is 4.34. The number of urea groups is 1. The first kappa shape index (κ1) is 16.4. The Bertz CT molecular complexity index is 304. The SMILES string of the molecule is CC(C)CCN(C)C(=O)NC(=O)COCC(=O)O. The maximum absolute atomic E-state index is 11.5. The minimum atomic E-state index is -1.16. The molecule has 0 aliphatic rings. The molecule has 2 N–H and O–H groups in total. The molecule has 0 heterocycles. The molecular weight excluding hydrogens is 240 g/mol. The van der Waals surface area contributed by atoms with Crippen LogP contribution in [-0.2, 0) is 14.3 Å². The normalized spacial score (nSPS) is 10.2. The van der Waals surface area contributed by atoms with Crippen LogP contribution < -0.4 is 5.32 Å². The number of carbonyl (C=O) groups is 3. The van der Waals surface area contributed by atoms with E-state index < -0.39 is 31.1 Å². The Kier molecular flexibility index (Phi) is 7.69.